The highest BCUT2D eigenvalue weighted by Crippen LogP contribution is 2.24. The molecule has 104 valence electrons. The van der Waals surface area contributed by atoms with Crippen molar-refractivity contribution in [1.29, 1.82) is 0 Å². The van der Waals surface area contributed by atoms with E-state index < -0.39 is 0 Å². The van der Waals surface area contributed by atoms with Gasteiger partial charge in [0.25, 0.3) is 0 Å². The quantitative estimate of drug-likeness (QED) is 0.777. The third kappa shape index (κ3) is 3.62. The van der Waals surface area contributed by atoms with E-state index in [1.165, 1.54) is 25.7 Å². The average molecular weight is 262 g/mol. The Hall–Kier alpha value is -1.72. The van der Waals surface area contributed by atoms with Crippen molar-refractivity contribution in [1.82, 2.24) is 25.0 Å². The highest BCUT2D eigenvalue weighted by molar-refractivity contribution is 5.43. The summed E-state index contributed by atoms with van der Waals surface area (Å²) >= 11 is 0. The van der Waals surface area contributed by atoms with E-state index in [9.17, 15) is 0 Å². The summed E-state index contributed by atoms with van der Waals surface area (Å²) in [6.45, 7) is 7.68. The number of nitrogens with zero attached hydrogens (tertiary/aromatic N) is 5. The van der Waals surface area contributed by atoms with E-state index in [-0.39, 0.29) is 5.41 Å². The minimum atomic E-state index is 0.255. The summed E-state index contributed by atoms with van der Waals surface area (Å²) in [6.07, 6.45) is 8.46. The van der Waals surface area contributed by atoms with Crippen LogP contribution in [-0.4, -0.2) is 31.6 Å². The normalized spacial score (nSPS) is 11.9. The molecule has 0 unspecified atom stereocenters. The molecular weight excluding hydrogens is 240 g/mol. The predicted molar refractivity (Wildman–Crippen MR) is 75.0 cm³/mol. The summed E-state index contributed by atoms with van der Waals surface area (Å²) in [7, 11) is 0. The topological polar surface area (TPSA) is 68.0 Å². The molecule has 0 fully saturated rings. The van der Waals surface area contributed by atoms with Crippen LogP contribution in [0.25, 0.3) is 5.65 Å². The molecule has 0 aromatic carbocycles. The molecule has 0 aliphatic carbocycles. The van der Waals surface area contributed by atoms with Gasteiger partial charge >= 0.3 is 0 Å². The van der Waals surface area contributed by atoms with Crippen molar-refractivity contribution in [3.05, 3.63) is 12.4 Å². The zero-order valence-electron chi connectivity index (χ0n) is 11.9. The third-order valence-electron chi connectivity index (χ3n) is 3.31. The number of aromatic nitrogens is 5. The first-order chi connectivity index (χ1) is 9.12. The van der Waals surface area contributed by atoms with Crippen molar-refractivity contribution in [2.75, 3.05) is 11.9 Å². The van der Waals surface area contributed by atoms with Crippen molar-refractivity contribution in [3.8, 4) is 0 Å². The van der Waals surface area contributed by atoms with Gasteiger partial charge in [0, 0.05) is 6.54 Å². The summed E-state index contributed by atoms with van der Waals surface area (Å²) in [5.41, 5.74) is 0.916. The fourth-order valence-electron chi connectivity index (χ4n) is 2.07. The fourth-order valence-corrected chi connectivity index (χ4v) is 2.07. The zero-order chi connectivity index (χ0) is 13.7. The minimum Gasteiger partial charge on any atom is -0.368 e. The van der Waals surface area contributed by atoms with E-state index in [1.807, 2.05) is 0 Å². The van der Waals surface area contributed by atoms with Crippen LogP contribution in [0, 0.1) is 5.41 Å². The summed E-state index contributed by atoms with van der Waals surface area (Å²) in [5.74, 6) is 0.839. The molecule has 0 amide bonds. The first-order valence-corrected chi connectivity index (χ1v) is 6.88. The Labute approximate surface area is 113 Å². The molecular formula is C13H22N6. The lowest BCUT2D eigenvalue weighted by Crippen LogP contribution is -2.24. The highest BCUT2D eigenvalue weighted by Gasteiger charge is 2.17. The van der Waals surface area contributed by atoms with Crippen molar-refractivity contribution in [2.24, 2.45) is 5.41 Å². The molecule has 6 heteroatoms. The smallest absolute Gasteiger partial charge is 0.199 e. The van der Waals surface area contributed by atoms with E-state index in [2.05, 4.69) is 46.6 Å². The maximum atomic E-state index is 4.14. The molecule has 2 heterocycles. The molecule has 0 saturated carbocycles. The number of tetrazole rings is 1. The average Bonchev–Trinajstić information content (AvgIpc) is 2.85. The van der Waals surface area contributed by atoms with Crippen molar-refractivity contribution < 1.29 is 0 Å². The summed E-state index contributed by atoms with van der Waals surface area (Å²) in [4.78, 5) is 4.14. The van der Waals surface area contributed by atoms with Crippen LogP contribution in [0.2, 0.25) is 0 Å². The molecule has 0 aliphatic rings. The van der Waals surface area contributed by atoms with Crippen LogP contribution >= 0.6 is 0 Å². The Morgan fingerprint density at radius 1 is 1.26 bits per heavy atom. The molecule has 0 atom stereocenters. The van der Waals surface area contributed by atoms with Gasteiger partial charge in [-0.3, -0.25) is 4.98 Å². The molecule has 6 nitrogen and oxygen atoms in total. The maximum absolute atomic E-state index is 4.14. The molecule has 2 aromatic heterocycles. The largest absolute Gasteiger partial charge is 0.368 e. The molecule has 0 bridgehead atoms. The van der Waals surface area contributed by atoms with Gasteiger partial charge < -0.3 is 5.32 Å². The number of anilines is 1. The number of hydrogen-bond donors (Lipinski definition) is 1. The number of hydrogen-bond acceptors (Lipinski definition) is 5. The van der Waals surface area contributed by atoms with Gasteiger partial charge in [-0.25, -0.2) is 0 Å². The lowest BCUT2D eigenvalue weighted by Gasteiger charge is -2.25. The third-order valence-corrected chi connectivity index (χ3v) is 3.31. The highest BCUT2D eigenvalue weighted by atomic mass is 15.5. The predicted octanol–water partition coefficient (Wildman–Crippen LogP) is 2.54. The van der Waals surface area contributed by atoms with Crippen molar-refractivity contribution in [3.63, 3.8) is 0 Å². The second kappa shape index (κ2) is 5.95. The van der Waals surface area contributed by atoms with Crippen LogP contribution in [0.3, 0.4) is 0 Å². The summed E-state index contributed by atoms with van der Waals surface area (Å²) < 4.78 is 1.68. The van der Waals surface area contributed by atoms with Crippen molar-refractivity contribution in [2.45, 2.75) is 46.5 Å². The number of nitrogens with one attached hydrogen (secondary N) is 1. The van der Waals surface area contributed by atoms with E-state index in [0.29, 0.717) is 5.65 Å². The number of fused-ring (bicyclic) bond motifs is 1. The molecule has 0 saturated heterocycles. The second-order valence-corrected chi connectivity index (χ2v) is 5.72. The first-order valence-electron chi connectivity index (χ1n) is 6.88. The van der Waals surface area contributed by atoms with Gasteiger partial charge in [-0.05, 0) is 22.3 Å². The Balaban J connectivity index is 1.96. The molecule has 1 N–H and O–H groups in total. The van der Waals surface area contributed by atoms with Gasteiger partial charge in [-0.1, -0.05) is 40.0 Å². The van der Waals surface area contributed by atoms with E-state index in [0.717, 1.165) is 12.4 Å². The monoisotopic (exact) mass is 262 g/mol. The van der Waals surface area contributed by atoms with Crippen LogP contribution in [0.15, 0.2) is 12.4 Å². The van der Waals surface area contributed by atoms with Gasteiger partial charge in [-0.15, -0.1) is 5.10 Å². The molecule has 0 aliphatic heterocycles. The van der Waals surface area contributed by atoms with Gasteiger partial charge in [0.15, 0.2) is 5.65 Å². The van der Waals surface area contributed by atoms with Crippen LogP contribution < -0.4 is 5.32 Å². The lowest BCUT2D eigenvalue weighted by atomic mass is 9.87. The standard InChI is InChI=1S/C13H22N6/c1-4-5-6-7-13(2,3)10-15-11-8-14-9-12-16-17-18-19(11)12/h8-9,15H,4-7,10H2,1-3H3. The fraction of sp³-hybridized carbons (Fsp3) is 0.692. The van der Waals surface area contributed by atoms with Crippen molar-refractivity contribution >= 4 is 11.5 Å². The van der Waals surface area contributed by atoms with E-state index in [4.69, 9.17) is 0 Å². The molecule has 2 rings (SSSR count). The lowest BCUT2D eigenvalue weighted by molar-refractivity contribution is 0.342. The van der Waals surface area contributed by atoms with Crippen LogP contribution in [0.1, 0.15) is 46.5 Å². The Kier molecular flexibility index (Phi) is 4.29. The number of unbranched alkanes of at least 4 members (excludes halogenated alkanes) is 2. The maximum Gasteiger partial charge on any atom is 0.199 e. The molecule has 19 heavy (non-hydrogen) atoms. The van der Waals surface area contributed by atoms with Gasteiger partial charge in [0.1, 0.15) is 5.82 Å². The summed E-state index contributed by atoms with van der Waals surface area (Å²) in [6, 6.07) is 0. The van der Waals surface area contributed by atoms with Gasteiger partial charge in [-0.2, -0.15) is 4.52 Å². The van der Waals surface area contributed by atoms with Gasteiger partial charge in [0.2, 0.25) is 0 Å². The Morgan fingerprint density at radius 3 is 2.89 bits per heavy atom. The number of rotatable bonds is 7. The SMILES string of the molecule is CCCCCC(C)(C)CNc1cncc2nnnn12. The van der Waals surface area contributed by atoms with Crippen LogP contribution in [0.5, 0.6) is 0 Å². The molecule has 0 radical (unpaired) electrons. The van der Waals surface area contributed by atoms with Gasteiger partial charge in [0.05, 0.1) is 12.4 Å². The Morgan fingerprint density at radius 2 is 2.11 bits per heavy atom. The minimum absolute atomic E-state index is 0.255. The van der Waals surface area contributed by atoms with Crippen LogP contribution in [-0.2, 0) is 0 Å². The van der Waals surface area contributed by atoms with E-state index in [1.54, 1.807) is 16.9 Å². The Bertz CT molecular complexity index is 519. The molecule has 2 aromatic rings. The van der Waals surface area contributed by atoms with Crippen LogP contribution in [0.4, 0.5) is 5.82 Å². The summed E-state index contributed by atoms with van der Waals surface area (Å²) in [5, 5.41) is 14.9. The zero-order valence-corrected chi connectivity index (χ0v) is 11.9. The van der Waals surface area contributed by atoms with E-state index >= 15 is 0 Å². The molecule has 0 spiro atoms. The first kappa shape index (κ1) is 13.7. The second-order valence-electron chi connectivity index (χ2n) is 5.72.